The van der Waals surface area contributed by atoms with Crippen LogP contribution in [0.3, 0.4) is 0 Å². The van der Waals surface area contributed by atoms with Gasteiger partial charge in [0, 0.05) is 28.1 Å². The van der Waals surface area contributed by atoms with Crippen LogP contribution in [0.2, 0.25) is 10.0 Å². The molecule has 1 aromatic carbocycles. The Hall–Kier alpha value is -0.990. The van der Waals surface area contributed by atoms with Gasteiger partial charge in [-0.2, -0.15) is 0 Å². The molecule has 0 saturated heterocycles. The van der Waals surface area contributed by atoms with Crippen LogP contribution in [0.4, 0.5) is 0 Å². The van der Waals surface area contributed by atoms with Gasteiger partial charge in [-0.25, -0.2) is 0 Å². The Kier molecular flexibility index (Phi) is 2.02. The van der Waals surface area contributed by atoms with Crippen LogP contribution in [0.15, 0.2) is 29.2 Å². The van der Waals surface area contributed by atoms with E-state index in [0.717, 1.165) is 10.8 Å². The van der Waals surface area contributed by atoms with E-state index < -0.39 is 0 Å². The van der Waals surface area contributed by atoms with Gasteiger partial charge >= 0.3 is 0 Å². The molecule has 1 heterocycles. The normalized spacial score (nSPS) is 10.6. The number of hydrogen-bond donors (Lipinski definition) is 1. The fourth-order valence-corrected chi connectivity index (χ4v) is 1.76. The first-order valence-electron chi connectivity index (χ1n) is 3.64. The minimum absolute atomic E-state index is 0.170. The zero-order chi connectivity index (χ0) is 9.42. The van der Waals surface area contributed by atoms with Crippen molar-refractivity contribution in [2.75, 3.05) is 0 Å². The third-order valence-corrected chi connectivity index (χ3v) is 2.30. The lowest BCUT2D eigenvalue weighted by Gasteiger charge is -1.99. The third-order valence-electron chi connectivity index (χ3n) is 1.77. The van der Waals surface area contributed by atoms with Gasteiger partial charge in [0.05, 0.1) is 5.02 Å². The summed E-state index contributed by atoms with van der Waals surface area (Å²) in [5.41, 5.74) is -0.170. The number of hydrogen-bond acceptors (Lipinski definition) is 1. The second-order valence-electron chi connectivity index (χ2n) is 2.69. The molecule has 0 radical (unpaired) electrons. The van der Waals surface area contributed by atoms with E-state index >= 15 is 0 Å². The number of halogens is 2. The minimum atomic E-state index is -0.170. The summed E-state index contributed by atoms with van der Waals surface area (Å²) in [5, 5.41) is 2.60. The molecule has 0 atom stereocenters. The van der Waals surface area contributed by atoms with Crippen LogP contribution in [0.1, 0.15) is 0 Å². The van der Waals surface area contributed by atoms with E-state index in [0.29, 0.717) is 10.0 Å². The number of benzene rings is 1. The number of pyridine rings is 1. The molecule has 2 nitrogen and oxygen atoms in total. The molecule has 0 bridgehead atoms. The standard InChI is InChI=1S/C9H5Cl2NO/c10-6-1-5-4-12-9(13)3-7(5)8(11)2-6/h1-4H,(H,12,13). The van der Waals surface area contributed by atoms with E-state index in [9.17, 15) is 4.79 Å². The average molecular weight is 214 g/mol. The zero-order valence-corrected chi connectivity index (χ0v) is 7.99. The van der Waals surface area contributed by atoms with Crippen molar-refractivity contribution in [3.63, 3.8) is 0 Å². The van der Waals surface area contributed by atoms with Crippen molar-refractivity contribution < 1.29 is 0 Å². The summed E-state index contributed by atoms with van der Waals surface area (Å²) in [6, 6.07) is 4.82. The smallest absolute Gasteiger partial charge is 0.248 e. The van der Waals surface area contributed by atoms with Gasteiger partial charge in [-0.3, -0.25) is 4.79 Å². The third kappa shape index (κ3) is 1.55. The van der Waals surface area contributed by atoms with Gasteiger partial charge in [-0.15, -0.1) is 0 Å². The molecule has 66 valence electrons. The Labute approximate surface area is 84.1 Å². The topological polar surface area (TPSA) is 32.9 Å². The highest BCUT2D eigenvalue weighted by atomic mass is 35.5. The summed E-state index contributed by atoms with van der Waals surface area (Å²) in [6.07, 6.45) is 1.59. The zero-order valence-electron chi connectivity index (χ0n) is 6.47. The van der Waals surface area contributed by atoms with Crippen molar-refractivity contribution >= 4 is 34.0 Å². The molecule has 4 heteroatoms. The monoisotopic (exact) mass is 213 g/mol. The van der Waals surface area contributed by atoms with E-state index in [1.807, 2.05) is 0 Å². The highest BCUT2D eigenvalue weighted by molar-refractivity contribution is 6.38. The number of rotatable bonds is 0. The fraction of sp³-hybridized carbons (Fsp3) is 0. The highest BCUT2D eigenvalue weighted by Gasteiger charge is 2.01. The Balaban J connectivity index is 2.95. The SMILES string of the molecule is O=c1cc2c(Cl)cc(Cl)cc2c[nH]1. The molecule has 1 N–H and O–H groups in total. The first-order chi connectivity index (χ1) is 6.16. The minimum Gasteiger partial charge on any atom is -0.328 e. The van der Waals surface area contributed by atoms with Crippen LogP contribution in [-0.4, -0.2) is 4.98 Å². The molecule has 0 fully saturated rings. The van der Waals surface area contributed by atoms with Gasteiger partial charge in [-0.1, -0.05) is 23.2 Å². The van der Waals surface area contributed by atoms with Crippen molar-refractivity contribution in [3.05, 3.63) is 44.8 Å². The number of nitrogens with one attached hydrogen (secondary N) is 1. The maximum atomic E-state index is 11.0. The van der Waals surface area contributed by atoms with Crippen molar-refractivity contribution in [2.24, 2.45) is 0 Å². The van der Waals surface area contributed by atoms with E-state index in [1.165, 1.54) is 6.07 Å². The molecule has 13 heavy (non-hydrogen) atoms. The van der Waals surface area contributed by atoms with Crippen molar-refractivity contribution in [2.45, 2.75) is 0 Å². The largest absolute Gasteiger partial charge is 0.328 e. The van der Waals surface area contributed by atoms with Crippen molar-refractivity contribution in [3.8, 4) is 0 Å². The van der Waals surface area contributed by atoms with Gasteiger partial charge in [-0.05, 0) is 12.1 Å². The van der Waals surface area contributed by atoms with Gasteiger partial charge in [0.2, 0.25) is 5.56 Å². The lowest BCUT2D eigenvalue weighted by atomic mass is 10.2. The van der Waals surface area contributed by atoms with Crippen LogP contribution in [-0.2, 0) is 0 Å². The molecule has 1 aromatic heterocycles. The Morgan fingerprint density at radius 1 is 1.15 bits per heavy atom. The summed E-state index contributed by atoms with van der Waals surface area (Å²) >= 11 is 11.7. The van der Waals surface area contributed by atoms with E-state index in [1.54, 1.807) is 18.3 Å². The second kappa shape index (κ2) is 3.05. The number of aromatic amines is 1. The molecule has 2 rings (SSSR count). The van der Waals surface area contributed by atoms with Gasteiger partial charge < -0.3 is 4.98 Å². The maximum absolute atomic E-state index is 11.0. The lowest BCUT2D eigenvalue weighted by molar-refractivity contribution is 1.27. The molecule has 2 aromatic rings. The first-order valence-corrected chi connectivity index (χ1v) is 4.40. The molecule has 0 spiro atoms. The van der Waals surface area contributed by atoms with Gasteiger partial charge in [0.15, 0.2) is 0 Å². The van der Waals surface area contributed by atoms with Crippen LogP contribution in [0.25, 0.3) is 10.8 Å². The van der Waals surface area contributed by atoms with Crippen molar-refractivity contribution in [1.82, 2.24) is 4.98 Å². The molecular weight excluding hydrogens is 209 g/mol. The predicted molar refractivity (Wildman–Crippen MR) is 54.6 cm³/mol. The number of aromatic nitrogens is 1. The molecule has 0 aliphatic carbocycles. The number of fused-ring (bicyclic) bond motifs is 1. The van der Waals surface area contributed by atoms with Crippen LogP contribution in [0.5, 0.6) is 0 Å². The quantitative estimate of drug-likeness (QED) is 0.718. The molecular formula is C9H5Cl2NO. The van der Waals surface area contributed by atoms with Crippen LogP contribution >= 0.6 is 23.2 Å². The van der Waals surface area contributed by atoms with Crippen molar-refractivity contribution in [1.29, 1.82) is 0 Å². The Bertz CT molecular complexity index is 518. The fourth-order valence-electron chi connectivity index (χ4n) is 1.20. The van der Waals surface area contributed by atoms with E-state index in [-0.39, 0.29) is 5.56 Å². The summed E-state index contributed by atoms with van der Waals surface area (Å²) < 4.78 is 0. The van der Waals surface area contributed by atoms with Crippen LogP contribution < -0.4 is 5.56 Å². The Morgan fingerprint density at radius 3 is 2.69 bits per heavy atom. The summed E-state index contributed by atoms with van der Waals surface area (Å²) in [7, 11) is 0. The van der Waals surface area contributed by atoms with Gasteiger partial charge in [0.1, 0.15) is 0 Å². The molecule has 0 aliphatic heterocycles. The van der Waals surface area contributed by atoms with Crippen LogP contribution in [0, 0.1) is 0 Å². The first kappa shape index (κ1) is 8.60. The summed E-state index contributed by atoms with van der Waals surface area (Å²) in [5.74, 6) is 0. The lowest BCUT2D eigenvalue weighted by Crippen LogP contribution is -2.01. The molecule has 0 saturated carbocycles. The molecule has 0 aliphatic rings. The molecule has 0 amide bonds. The predicted octanol–water partition coefficient (Wildman–Crippen LogP) is 2.83. The Morgan fingerprint density at radius 2 is 1.92 bits per heavy atom. The molecule has 0 unspecified atom stereocenters. The van der Waals surface area contributed by atoms with E-state index in [2.05, 4.69) is 4.98 Å². The van der Waals surface area contributed by atoms with Gasteiger partial charge in [0.25, 0.3) is 0 Å². The number of H-pyrrole nitrogens is 1. The van der Waals surface area contributed by atoms with E-state index in [4.69, 9.17) is 23.2 Å². The highest BCUT2D eigenvalue weighted by Crippen LogP contribution is 2.25. The average Bonchev–Trinajstić information content (AvgIpc) is 2.06. The second-order valence-corrected chi connectivity index (χ2v) is 3.53. The maximum Gasteiger partial charge on any atom is 0.248 e. The summed E-state index contributed by atoms with van der Waals surface area (Å²) in [6.45, 7) is 0. The summed E-state index contributed by atoms with van der Waals surface area (Å²) in [4.78, 5) is 13.5.